The molecule has 0 radical (unpaired) electrons. The maximum Gasteiger partial charge on any atom is 0.340 e. The van der Waals surface area contributed by atoms with Crippen molar-refractivity contribution in [3.05, 3.63) is 23.8 Å². The molecule has 18 heavy (non-hydrogen) atoms. The molecule has 0 atom stereocenters. The Kier molecular flexibility index (Phi) is 4.34. The lowest BCUT2D eigenvalue weighted by Gasteiger charge is -2.14. The van der Waals surface area contributed by atoms with E-state index < -0.39 is 15.8 Å². The standard InChI is InChI=1S/C12H17NO4S/c1-8(2)13-11-6-5-9(18(4,15)16)7-10(11)12(14)17-3/h5-8,13H,1-4H3. The van der Waals surface area contributed by atoms with Gasteiger partial charge in [0.05, 0.1) is 17.6 Å². The summed E-state index contributed by atoms with van der Waals surface area (Å²) in [5.74, 6) is -0.566. The predicted octanol–water partition coefficient (Wildman–Crippen LogP) is 1.70. The Morgan fingerprint density at radius 3 is 2.39 bits per heavy atom. The van der Waals surface area contributed by atoms with Crippen molar-refractivity contribution >= 4 is 21.5 Å². The largest absolute Gasteiger partial charge is 0.465 e. The fourth-order valence-corrected chi connectivity index (χ4v) is 2.12. The third-order valence-electron chi connectivity index (χ3n) is 2.27. The summed E-state index contributed by atoms with van der Waals surface area (Å²) in [6.07, 6.45) is 1.10. The molecule has 0 saturated heterocycles. The number of esters is 1. The number of ether oxygens (including phenoxy) is 1. The Morgan fingerprint density at radius 1 is 1.33 bits per heavy atom. The number of methoxy groups -OCH3 is 1. The third-order valence-corrected chi connectivity index (χ3v) is 3.38. The summed E-state index contributed by atoms with van der Waals surface area (Å²) in [5.41, 5.74) is 0.776. The van der Waals surface area contributed by atoms with Crippen LogP contribution in [0.3, 0.4) is 0 Å². The minimum Gasteiger partial charge on any atom is -0.465 e. The van der Waals surface area contributed by atoms with E-state index >= 15 is 0 Å². The highest BCUT2D eigenvalue weighted by Crippen LogP contribution is 2.22. The van der Waals surface area contributed by atoms with Crippen molar-refractivity contribution in [3.63, 3.8) is 0 Å². The number of rotatable bonds is 4. The van der Waals surface area contributed by atoms with E-state index in [0.717, 1.165) is 6.26 Å². The molecule has 0 aliphatic rings. The van der Waals surface area contributed by atoms with Crippen LogP contribution in [0, 0.1) is 0 Å². The average molecular weight is 271 g/mol. The molecule has 0 spiro atoms. The van der Waals surface area contributed by atoms with Crippen molar-refractivity contribution in [3.8, 4) is 0 Å². The lowest BCUT2D eigenvalue weighted by Crippen LogP contribution is -2.15. The van der Waals surface area contributed by atoms with Crippen molar-refractivity contribution in [1.82, 2.24) is 0 Å². The maximum atomic E-state index is 11.6. The molecule has 1 N–H and O–H groups in total. The Hall–Kier alpha value is -1.56. The van der Waals surface area contributed by atoms with Crippen LogP contribution in [-0.2, 0) is 14.6 Å². The molecule has 1 aromatic rings. The van der Waals surface area contributed by atoms with Crippen molar-refractivity contribution < 1.29 is 17.9 Å². The van der Waals surface area contributed by atoms with Crippen LogP contribution in [0.2, 0.25) is 0 Å². The number of benzene rings is 1. The van der Waals surface area contributed by atoms with Crippen molar-refractivity contribution in [2.75, 3.05) is 18.7 Å². The summed E-state index contributed by atoms with van der Waals surface area (Å²) < 4.78 is 27.6. The zero-order valence-electron chi connectivity index (χ0n) is 10.9. The number of sulfone groups is 1. The number of hydrogen-bond acceptors (Lipinski definition) is 5. The fourth-order valence-electron chi connectivity index (χ4n) is 1.47. The smallest absolute Gasteiger partial charge is 0.340 e. The van der Waals surface area contributed by atoms with Gasteiger partial charge in [0.2, 0.25) is 0 Å². The number of hydrogen-bond donors (Lipinski definition) is 1. The minimum atomic E-state index is -3.35. The van der Waals surface area contributed by atoms with Crippen LogP contribution in [0.5, 0.6) is 0 Å². The molecule has 0 aliphatic carbocycles. The minimum absolute atomic E-state index is 0.0946. The van der Waals surface area contributed by atoms with Gasteiger partial charge in [-0.2, -0.15) is 0 Å². The molecule has 0 unspecified atom stereocenters. The Balaban J connectivity index is 3.34. The Morgan fingerprint density at radius 2 is 1.94 bits per heavy atom. The average Bonchev–Trinajstić information content (AvgIpc) is 2.26. The quantitative estimate of drug-likeness (QED) is 0.844. The highest BCUT2D eigenvalue weighted by Gasteiger charge is 2.17. The van der Waals surface area contributed by atoms with E-state index in [1.54, 1.807) is 6.07 Å². The van der Waals surface area contributed by atoms with Crippen LogP contribution in [0.4, 0.5) is 5.69 Å². The van der Waals surface area contributed by atoms with E-state index in [2.05, 4.69) is 10.1 Å². The van der Waals surface area contributed by atoms with Gasteiger partial charge in [0.1, 0.15) is 0 Å². The molecule has 0 amide bonds. The topological polar surface area (TPSA) is 72.5 Å². The highest BCUT2D eigenvalue weighted by molar-refractivity contribution is 7.90. The first-order valence-corrected chi connectivity index (χ1v) is 7.34. The second-order valence-electron chi connectivity index (χ2n) is 4.27. The molecule has 1 rings (SSSR count). The van der Waals surface area contributed by atoms with Gasteiger partial charge in [0.25, 0.3) is 0 Å². The maximum absolute atomic E-state index is 11.6. The first-order chi connectivity index (χ1) is 8.25. The fraction of sp³-hybridized carbons (Fsp3) is 0.417. The summed E-state index contributed by atoms with van der Waals surface area (Å²) in [6, 6.07) is 4.48. The van der Waals surface area contributed by atoms with Crippen LogP contribution in [0.25, 0.3) is 0 Å². The van der Waals surface area contributed by atoms with E-state index in [-0.39, 0.29) is 16.5 Å². The number of nitrogens with one attached hydrogen (secondary N) is 1. The lowest BCUT2D eigenvalue weighted by molar-refractivity contribution is 0.0601. The zero-order chi connectivity index (χ0) is 13.9. The molecule has 1 aromatic carbocycles. The molecule has 0 fully saturated rings. The predicted molar refractivity (Wildman–Crippen MR) is 69.7 cm³/mol. The first-order valence-electron chi connectivity index (χ1n) is 5.44. The van der Waals surface area contributed by atoms with Crippen LogP contribution < -0.4 is 5.32 Å². The Bertz CT molecular complexity index is 549. The number of carbonyl (C=O) groups is 1. The lowest BCUT2D eigenvalue weighted by atomic mass is 10.1. The van der Waals surface area contributed by atoms with Gasteiger partial charge >= 0.3 is 5.97 Å². The van der Waals surface area contributed by atoms with E-state index in [1.807, 2.05) is 13.8 Å². The van der Waals surface area contributed by atoms with Crippen LogP contribution in [0.15, 0.2) is 23.1 Å². The molecular formula is C12H17NO4S. The molecule has 100 valence electrons. The SMILES string of the molecule is COC(=O)c1cc(S(C)(=O)=O)ccc1NC(C)C. The van der Waals surface area contributed by atoms with E-state index in [4.69, 9.17) is 0 Å². The normalized spacial score (nSPS) is 11.4. The summed E-state index contributed by atoms with van der Waals surface area (Å²) in [5, 5.41) is 3.07. The van der Waals surface area contributed by atoms with Crippen LogP contribution in [-0.4, -0.2) is 33.8 Å². The van der Waals surface area contributed by atoms with E-state index in [0.29, 0.717) is 5.69 Å². The van der Waals surface area contributed by atoms with Gasteiger partial charge < -0.3 is 10.1 Å². The van der Waals surface area contributed by atoms with Crippen molar-refractivity contribution in [2.24, 2.45) is 0 Å². The molecule has 0 saturated carbocycles. The van der Waals surface area contributed by atoms with Gasteiger partial charge in [0.15, 0.2) is 9.84 Å². The second kappa shape index (κ2) is 5.39. The van der Waals surface area contributed by atoms with E-state index in [1.165, 1.54) is 19.2 Å². The first kappa shape index (κ1) is 14.5. The number of carbonyl (C=O) groups excluding carboxylic acids is 1. The van der Waals surface area contributed by atoms with Gasteiger partial charge in [0, 0.05) is 18.0 Å². The molecule has 0 heterocycles. The number of anilines is 1. The summed E-state index contributed by atoms with van der Waals surface area (Å²) >= 11 is 0. The Labute approximate surface area is 107 Å². The van der Waals surface area contributed by atoms with Crippen molar-refractivity contribution in [1.29, 1.82) is 0 Å². The highest BCUT2D eigenvalue weighted by atomic mass is 32.2. The summed E-state index contributed by atoms with van der Waals surface area (Å²) in [4.78, 5) is 11.7. The molecular weight excluding hydrogens is 254 g/mol. The van der Waals surface area contributed by atoms with Gasteiger partial charge in [-0.1, -0.05) is 0 Å². The molecule has 5 nitrogen and oxygen atoms in total. The molecule has 0 aromatic heterocycles. The third kappa shape index (κ3) is 3.46. The van der Waals surface area contributed by atoms with Gasteiger partial charge in [-0.15, -0.1) is 0 Å². The molecule has 0 bridgehead atoms. The van der Waals surface area contributed by atoms with Gasteiger partial charge in [-0.25, -0.2) is 13.2 Å². The van der Waals surface area contributed by atoms with Crippen LogP contribution >= 0.6 is 0 Å². The van der Waals surface area contributed by atoms with Gasteiger partial charge in [-0.3, -0.25) is 0 Å². The monoisotopic (exact) mass is 271 g/mol. The van der Waals surface area contributed by atoms with Crippen molar-refractivity contribution in [2.45, 2.75) is 24.8 Å². The van der Waals surface area contributed by atoms with Gasteiger partial charge in [-0.05, 0) is 32.0 Å². The van der Waals surface area contributed by atoms with Crippen LogP contribution in [0.1, 0.15) is 24.2 Å². The summed E-state index contributed by atoms with van der Waals surface area (Å²) in [7, 11) is -2.09. The molecule has 6 heteroatoms. The second-order valence-corrected chi connectivity index (χ2v) is 6.29. The molecule has 0 aliphatic heterocycles. The van der Waals surface area contributed by atoms with E-state index in [9.17, 15) is 13.2 Å². The zero-order valence-corrected chi connectivity index (χ0v) is 11.7. The summed E-state index contributed by atoms with van der Waals surface area (Å²) in [6.45, 7) is 3.84.